The first-order chi connectivity index (χ1) is 14.1. The summed E-state index contributed by atoms with van der Waals surface area (Å²) in [5, 5.41) is 7.66. The van der Waals surface area contributed by atoms with Crippen LogP contribution in [0.4, 0.5) is 5.69 Å². The lowest BCUT2D eigenvalue weighted by Gasteiger charge is -2.14. The van der Waals surface area contributed by atoms with Gasteiger partial charge in [0.2, 0.25) is 0 Å². The SMILES string of the molecule is COc1ccc(NC(=O)c2nn(-c3cccc(Br)c3)c3c2CCCC3)c(OC)c1. The molecule has 0 atom stereocenters. The molecule has 150 valence electrons. The molecule has 0 spiro atoms. The van der Waals surface area contributed by atoms with Crippen LogP contribution in [-0.4, -0.2) is 29.9 Å². The molecular formula is C22H22BrN3O3. The molecular weight excluding hydrogens is 434 g/mol. The number of nitrogens with one attached hydrogen (secondary N) is 1. The van der Waals surface area contributed by atoms with Gasteiger partial charge in [0.05, 0.1) is 25.6 Å². The first-order valence-corrected chi connectivity index (χ1v) is 10.3. The maximum absolute atomic E-state index is 13.1. The van der Waals surface area contributed by atoms with Crippen molar-refractivity contribution in [2.45, 2.75) is 25.7 Å². The van der Waals surface area contributed by atoms with E-state index < -0.39 is 0 Å². The molecule has 2 aromatic carbocycles. The van der Waals surface area contributed by atoms with E-state index in [1.165, 1.54) is 0 Å². The van der Waals surface area contributed by atoms with Crippen LogP contribution in [0.2, 0.25) is 0 Å². The van der Waals surface area contributed by atoms with Gasteiger partial charge in [0.25, 0.3) is 5.91 Å². The third-order valence-corrected chi connectivity index (χ3v) is 5.60. The zero-order valence-corrected chi connectivity index (χ0v) is 18.0. The highest BCUT2D eigenvalue weighted by molar-refractivity contribution is 9.10. The maximum atomic E-state index is 13.1. The third kappa shape index (κ3) is 3.87. The van der Waals surface area contributed by atoms with Gasteiger partial charge in [-0.05, 0) is 56.0 Å². The summed E-state index contributed by atoms with van der Waals surface area (Å²) in [5.41, 5.74) is 4.14. The molecule has 1 aromatic heterocycles. The summed E-state index contributed by atoms with van der Waals surface area (Å²) in [6.45, 7) is 0. The second-order valence-electron chi connectivity index (χ2n) is 6.89. The van der Waals surface area contributed by atoms with E-state index in [1.54, 1.807) is 32.4 Å². The van der Waals surface area contributed by atoms with E-state index in [1.807, 2.05) is 28.9 Å². The smallest absolute Gasteiger partial charge is 0.276 e. The van der Waals surface area contributed by atoms with Gasteiger partial charge in [0.1, 0.15) is 11.5 Å². The summed E-state index contributed by atoms with van der Waals surface area (Å²) in [6.07, 6.45) is 3.92. The normalized spacial score (nSPS) is 12.9. The van der Waals surface area contributed by atoms with Gasteiger partial charge < -0.3 is 14.8 Å². The van der Waals surface area contributed by atoms with E-state index in [9.17, 15) is 4.79 Å². The van der Waals surface area contributed by atoms with Crippen LogP contribution in [0.25, 0.3) is 5.69 Å². The summed E-state index contributed by atoms with van der Waals surface area (Å²) in [6, 6.07) is 13.3. The molecule has 1 aliphatic rings. The van der Waals surface area contributed by atoms with E-state index >= 15 is 0 Å². The fourth-order valence-corrected chi connectivity index (χ4v) is 4.07. The fraction of sp³-hybridized carbons (Fsp3) is 0.273. The maximum Gasteiger partial charge on any atom is 0.276 e. The second kappa shape index (κ2) is 8.29. The van der Waals surface area contributed by atoms with Crippen molar-refractivity contribution >= 4 is 27.5 Å². The van der Waals surface area contributed by atoms with Crippen molar-refractivity contribution in [2.24, 2.45) is 0 Å². The molecule has 6 nitrogen and oxygen atoms in total. The molecule has 0 aliphatic heterocycles. The Balaban J connectivity index is 1.71. The van der Waals surface area contributed by atoms with E-state index in [2.05, 4.69) is 21.2 Å². The topological polar surface area (TPSA) is 65.4 Å². The number of methoxy groups -OCH3 is 2. The zero-order valence-electron chi connectivity index (χ0n) is 16.4. The molecule has 3 aromatic rings. The van der Waals surface area contributed by atoms with Crippen molar-refractivity contribution in [1.82, 2.24) is 9.78 Å². The summed E-state index contributed by atoms with van der Waals surface area (Å²) < 4.78 is 13.5. The fourth-order valence-electron chi connectivity index (χ4n) is 3.69. The minimum atomic E-state index is -0.236. The number of anilines is 1. The lowest BCUT2D eigenvalue weighted by molar-refractivity contribution is 0.102. The number of rotatable bonds is 5. The molecule has 0 bridgehead atoms. The van der Waals surface area contributed by atoms with Crippen molar-refractivity contribution < 1.29 is 14.3 Å². The number of aromatic nitrogens is 2. The zero-order chi connectivity index (χ0) is 20.4. The molecule has 1 N–H and O–H groups in total. The predicted octanol–water partition coefficient (Wildman–Crippen LogP) is 4.78. The number of halogens is 1. The highest BCUT2D eigenvalue weighted by atomic mass is 79.9. The Kier molecular flexibility index (Phi) is 5.58. The monoisotopic (exact) mass is 455 g/mol. The number of ether oxygens (including phenoxy) is 2. The van der Waals surface area contributed by atoms with Crippen LogP contribution in [0.1, 0.15) is 34.6 Å². The summed E-state index contributed by atoms with van der Waals surface area (Å²) in [7, 11) is 3.15. The minimum Gasteiger partial charge on any atom is -0.497 e. The van der Waals surface area contributed by atoms with Crippen LogP contribution in [-0.2, 0) is 12.8 Å². The Labute approximate surface area is 178 Å². The Morgan fingerprint density at radius 2 is 1.93 bits per heavy atom. The van der Waals surface area contributed by atoms with Crippen LogP contribution in [0.3, 0.4) is 0 Å². The number of fused-ring (bicyclic) bond motifs is 1. The van der Waals surface area contributed by atoms with Crippen LogP contribution >= 0.6 is 15.9 Å². The van der Waals surface area contributed by atoms with Crippen molar-refractivity contribution in [1.29, 1.82) is 0 Å². The second-order valence-corrected chi connectivity index (χ2v) is 7.81. The van der Waals surface area contributed by atoms with Gasteiger partial charge in [0, 0.05) is 21.8 Å². The van der Waals surface area contributed by atoms with Gasteiger partial charge in [-0.25, -0.2) is 4.68 Å². The van der Waals surface area contributed by atoms with Gasteiger partial charge >= 0.3 is 0 Å². The first-order valence-electron chi connectivity index (χ1n) is 9.51. The number of benzene rings is 2. The van der Waals surface area contributed by atoms with Crippen LogP contribution in [0.5, 0.6) is 11.5 Å². The van der Waals surface area contributed by atoms with Crippen LogP contribution in [0.15, 0.2) is 46.9 Å². The molecule has 4 rings (SSSR count). The molecule has 7 heteroatoms. The van der Waals surface area contributed by atoms with Gasteiger partial charge in [-0.15, -0.1) is 0 Å². The standard InChI is InChI=1S/C22H22BrN3O3/c1-28-16-10-11-18(20(13-16)29-2)24-22(27)21-17-8-3-4-9-19(17)26(25-21)15-7-5-6-14(23)12-15/h5-7,10-13H,3-4,8-9H2,1-2H3,(H,24,27). The quantitative estimate of drug-likeness (QED) is 0.600. The van der Waals surface area contributed by atoms with Gasteiger partial charge in [-0.2, -0.15) is 5.10 Å². The summed E-state index contributed by atoms with van der Waals surface area (Å²) >= 11 is 3.52. The van der Waals surface area contributed by atoms with Gasteiger partial charge in [-0.1, -0.05) is 22.0 Å². The average molecular weight is 456 g/mol. The number of nitrogens with zero attached hydrogens (tertiary/aromatic N) is 2. The van der Waals surface area contributed by atoms with E-state index in [4.69, 9.17) is 14.6 Å². The van der Waals surface area contributed by atoms with Crippen LogP contribution in [0, 0.1) is 0 Å². The molecule has 1 amide bonds. The Morgan fingerprint density at radius 1 is 1.10 bits per heavy atom. The number of amides is 1. The van der Waals surface area contributed by atoms with Crippen LogP contribution < -0.4 is 14.8 Å². The average Bonchev–Trinajstić information content (AvgIpc) is 3.14. The third-order valence-electron chi connectivity index (χ3n) is 5.10. The molecule has 0 fully saturated rings. The Morgan fingerprint density at radius 3 is 2.69 bits per heavy atom. The summed E-state index contributed by atoms with van der Waals surface area (Å²) in [4.78, 5) is 13.1. The predicted molar refractivity (Wildman–Crippen MR) is 115 cm³/mol. The number of carbonyl (C=O) groups is 1. The van der Waals surface area contributed by atoms with E-state index in [-0.39, 0.29) is 5.91 Å². The lowest BCUT2D eigenvalue weighted by atomic mass is 9.95. The molecule has 29 heavy (non-hydrogen) atoms. The summed E-state index contributed by atoms with van der Waals surface area (Å²) in [5.74, 6) is 0.967. The van der Waals surface area contributed by atoms with Crippen molar-refractivity contribution in [2.75, 3.05) is 19.5 Å². The molecule has 0 saturated heterocycles. The number of carbonyl (C=O) groups excluding carboxylic acids is 1. The number of hydrogen-bond acceptors (Lipinski definition) is 4. The highest BCUT2D eigenvalue weighted by Crippen LogP contribution is 2.31. The number of hydrogen-bond donors (Lipinski definition) is 1. The molecule has 1 aliphatic carbocycles. The molecule has 0 unspecified atom stereocenters. The molecule has 0 saturated carbocycles. The first kappa shape index (κ1) is 19.5. The molecule has 0 radical (unpaired) electrons. The highest BCUT2D eigenvalue weighted by Gasteiger charge is 2.26. The molecule has 1 heterocycles. The van der Waals surface area contributed by atoms with Crippen molar-refractivity contribution in [3.63, 3.8) is 0 Å². The van der Waals surface area contributed by atoms with Crippen molar-refractivity contribution in [3.05, 3.63) is 63.9 Å². The lowest BCUT2D eigenvalue weighted by Crippen LogP contribution is -2.16. The van der Waals surface area contributed by atoms with Crippen molar-refractivity contribution in [3.8, 4) is 17.2 Å². The minimum absolute atomic E-state index is 0.236. The Bertz CT molecular complexity index is 1060. The van der Waals surface area contributed by atoms with E-state index in [0.717, 1.165) is 47.1 Å². The Hall–Kier alpha value is -2.80. The largest absolute Gasteiger partial charge is 0.497 e. The van der Waals surface area contributed by atoms with Gasteiger partial charge in [-0.3, -0.25) is 4.79 Å². The van der Waals surface area contributed by atoms with E-state index in [0.29, 0.717) is 22.9 Å². The van der Waals surface area contributed by atoms with Gasteiger partial charge in [0.15, 0.2) is 5.69 Å².